The number of pyridine rings is 1. The molecule has 0 saturated heterocycles. The lowest BCUT2D eigenvalue weighted by molar-refractivity contribution is 0.0665. The van der Waals surface area contributed by atoms with E-state index in [1.54, 1.807) is 36.4 Å². The van der Waals surface area contributed by atoms with E-state index in [1.807, 2.05) is 10.9 Å². The quantitative estimate of drug-likeness (QED) is 0.181. The van der Waals surface area contributed by atoms with E-state index in [-0.39, 0.29) is 16.8 Å². The molecule has 3 aromatic carbocycles. The first-order valence-electron chi connectivity index (χ1n) is 14.2. The molecule has 1 saturated carbocycles. The van der Waals surface area contributed by atoms with Gasteiger partial charge in [0, 0.05) is 35.8 Å². The van der Waals surface area contributed by atoms with Crippen molar-refractivity contribution in [3.63, 3.8) is 0 Å². The van der Waals surface area contributed by atoms with Gasteiger partial charge in [0.25, 0.3) is 11.8 Å². The highest BCUT2D eigenvalue weighted by Crippen LogP contribution is 2.38. The molecule has 0 radical (unpaired) electrons. The van der Waals surface area contributed by atoms with Gasteiger partial charge in [-0.15, -0.1) is 0 Å². The predicted molar refractivity (Wildman–Crippen MR) is 164 cm³/mol. The molecule has 2 amide bonds. The number of carbonyl (C=O) groups excluding carboxylic acids is 2. The van der Waals surface area contributed by atoms with E-state index < -0.39 is 63.3 Å². The van der Waals surface area contributed by atoms with E-state index >= 15 is 4.39 Å². The van der Waals surface area contributed by atoms with Gasteiger partial charge in [0.05, 0.1) is 36.0 Å². The van der Waals surface area contributed by atoms with Crippen molar-refractivity contribution in [2.75, 3.05) is 20.7 Å². The van der Waals surface area contributed by atoms with E-state index in [0.29, 0.717) is 28.8 Å². The number of halogens is 4. The fourth-order valence-corrected chi connectivity index (χ4v) is 5.39. The minimum atomic E-state index is -2.17. The Hall–Kier alpha value is -4.94. The predicted octanol–water partition coefficient (Wildman–Crippen LogP) is 5.54. The molecule has 1 atom stereocenters. The molecule has 0 unspecified atom stereocenters. The number of methoxy groups -OCH3 is 1. The van der Waals surface area contributed by atoms with Crippen LogP contribution in [0.15, 0.2) is 66.9 Å². The van der Waals surface area contributed by atoms with Crippen molar-refractivity contribution < 1.29 is 32.6 Å². The summed E-state index contributed by atoms with van der Waals surface area (Å²) in [5.74, 6) is -4.60. The molecule has 0 bridgehead atoms. The number of carbonyl (C=O) groups is 2. The highest BCUT2D eigenvalue weighted by atomic mass is 35.5. The van der Waals surface area contributed by atoms with Crippen LogP contribution in [-0.4, -0.2) is 52.4 Å². The molecule has 2 heterocycles. The van der Waals surface area contributed by atoms with E-state index in [4.69, 9.17) is 16.3 Å². The molecule has 3 N–H and O–H groups in total. The Kier molecular flexibility index (Phi) is 8.17. The molecule has 1 aliphatic carbocycles. The van der Waals surface area contributed by atoms with Crippen molar-refractivity contribution in [1.82, 2.24) is 25.4 Å². The maximum atomic E-state index is 15.8. The highest BCUT2D eigenvalue weighted by molar-refractivity contribution is 6.31. The molecule has 236 valence electrons. The topological polar surface area (TPSA) is 118 Å². The summed E-state index contributed by atoms with van der Waals surface area (Å²) in [5, 5.41) is 22.0. The summed E-state index contributed by atoms with van der Waals surface area (Å²) in [4.78, 5) is 30.6. The molecule has 2 aromatic heterocycles. The van der Waals surface area contributed by atoms with E-state index in [0.717, 1.165) is 25.0 Å². The monoisotopic (exact) mass is 649 g/mol. The lowest BCUT2D eigenvalue weighted by Crippen LogP contribution is -2.42. The lowest BCUT2D eigenvalue weighted by atomic mass is 9.88. The number of amides is 2. The van der Waals surface area contributed by atoms with Crippen molar-refractivity contribution in [3.05, 3.63) is 112 Å². The van der Waals surface area contributed by atoms with Crippen molar-refractivity contribution in [3.8, 4) is 17.0 Å². The van der Waals surface area contributed by atoms with Crippen LogP contribution in [-0.2, 0) is 5.60 Å². The van der Waals surface area contributed by atoms with E-state index in [2.05, 4.69) is 20.7 Å². The van der Waals surface area contributed by atoms with Gasteiger partial charge < -0.3 is 20.5 Å². The third-order valence-electron chi connectivity index (χ3n) is 7.87. The molecule has 46 heavy (non-hydrogen) atoms. The zero-order chi connectivity index (χ0) is 32.7. The number of nitrogens with zero attached hydrogens (tertiary/aromatic N) is 3. The number of nitrogens with one attached hydrogen (secondary N) is 2. The van der Waals surface area contributed by atoms with Gasteiger partial charge in [-0.1, -0.05) is 41.9 Å². The fourth-order valence-electron chi connectivity index (χ4n) is 5.22. The van der Waals surface area contributed by atoms with Crippen LogP contribution < -0.4 is 15.4 Å². The first kappa shape index (κ1) is 31.1. The van der Waals surface area contributed by atoms with Crippen LogP contribution in [0.5, 0.6) is 5.75 Å². The summed E-state index contributed by atoms with van der Waals surface area (Å²) in [7, 11) is 2.74. The van der Waals surface area contributed by atoms with Crippen LogP contribution in [0.2, 0.25) is 5.02 Å². The Bertz CT molecular complexity index is 2000. The van der Waals surface area contributed by atoms with Gasteiger partial charge >= 0.3 is 0 Å². The molecule has 6 rings (SSSR count). The molecule has 9 nitrogen and oxygen atoms in total. The van der Waals surface area contributed by atoms with Gasteiger partial charge in [-0.3, -0.25) is 14.3 Å². The largest absolute Gasteiger partial charge is 0.494 e. The minimum Gasteiger partial charge on any atom is -0.494 e. The zero-order valence-electron chi connectivity index (χ0n) is 24.6. The molecular weight excluding hydrogens is 623 g/mol. The summed E-state index contributed by atoms with van der Waals surface area (Å²) >= 11 is 5.88. The van der Waals surface area contributed by atoms with Crippen LogP contribution in [0.4, 0.5) is 13.2 Å². The van der Waals surface area contributed by atoms with Gasteiger partial charge in [0.15, 0.2) is 5.82 Å². The first-order chi connectivity index (χ1) is 22.0. The smallest absolute Gasteiger partial charge is 0.254 e. The minimum absolute atomic E-state index is 0.219. The van der Waals surface area contributed by atoms with Crippen LogP contribution in [0.1, 0.15) is 50.9 Å². The van der Waals surface area contributed by atoms with Crippen LogP contribution in [0, 0.1) is 17.5 Å². The van der Waals surface area contributed by atoms with Gasteiger partial charge in [0.2, 0.25) is 0 Å². The highest BCUT2D eigenvalue weighted by Gasteiger charge is 2.37. The molecule has 1 fully saturated rings. The van der Waals surface area contributed by atoms with Crippen LogP contribution >= 0.6 is 11.6 Å². The first-order valence-corrected chi connectivity index (χ1v) is 14.6. The summed E-state index contributed by atoms with van der Waals surface area (Å²) in [5.41, 5.74) is -3.24. The maximum absolute atomic E-state index is 15.8. The molecule has 1 aliphatic rings. The zero-order valence-corrected chi connectivity index (χ0v) is 25.3. The average Bonchev–Trinajstić information content (AvgIpc) is 3.83. The number of benzene rings is 3. The Morgan fingerprint density at radius 1 is 1.07 bits per heavy atom. The SMILES string of the molecule is CNC(=O)c1cc([C@@](O)(CNC(=O)c2cc(OC)c3nn(C4CC4)cc3c2)c2ccccc2)nc(-c2cc(Cl)c(F)cc2F)c1F. The van der Waals surface area contributed by atoms with Gasteiger partial charge in [-0.05, 0) is 42.7 Å². The van der Waals surface area contributed by atoms with Crippen LogP contribution in [0.25, 0.3) is 22.2 Å². The second kappa shape index (κ2) is 12.1. The molecule has 0 spiro atoms. The second-order valence-corrected chi connectivity index (χ2v) is 11.3. The van der Waals surface area contributed by atoms with Crippen molar-refractivity contribution in [2.45, 2.75) is 24.5 Å². The number of hydrogen-bond acceptors (Lipinski definition) is 6. The van der Waals surface area contributed by atoms with Crippen molar-refractivity contribution in [1.29, 1.82) is 0 Å². The number of hydrogen-bond donors (Lipinski definition) is 3. The Morgan fingerprint density at radius 2 is 1.80 bits per heavy atom. The van der Waals surface area contributed by atoms with Crippen molar-refractivity contribution in [2.24, 2.45) is 0 Å². The summed E-state index contributed by atoms with van der Waals surface area (Å²) in [6.07, 6.45) is 3.88. The van der Waals surface area contributed by atoms with Crippen molar-refractivity contribution >= 4 is 34.3 Å². The second-order valence-electron chi connectivity index (χ2n) is 10.9. The number of aliphatic hydroxyl groups is 1. The number of aromatic nitrogens is 3. The van der Waals surface area contributed by atoms with Crippen LogP contribution in [0.3, 0.4) is 0 Å². The number of rotatable bonds is 9. The Balaban J connectivity index is 1.44. The fraction of sp³-hybridized carbons (Fsp3) is 0.212. The normalized spacial score (nSPS) is 14.2. The molecule has 0 aliphatic heterocycles. The summed E-state index contributed by atoms with van der Waals surface area (Å²) in [6.45, 7) is -0.505. The number of fused-ring (bicyclic) bond motifs is 1. The molecule has 5 aromatic rings. The maximum Gasteiger partial charge on any atom is 0.254 e. The number of ether oxygens (including phenoxy) is 1. The lowest BCUT2D eigenvalue weighted by Gasteiger charge is -2.29. The standard InChI is InChI=1S/C33H27ClF3N5O4/c1-38-32(44)22-13-27(40-30(28(22)37)21-12-23(34)25(36)14-24(21)35)33(45,19-6-4-3-5-7-19)16-39-31(43)17-10-18-15-42(20-8-9-20)41-29(18)26(11-17)46-2/h3-7,10-15,20,45H,8-9,16H2,1-2H3,(H,38,44)(H,39,43)/t33-/m1/s1. The Labute approximate surface area is 266 Å². The third kappa shape index (κ3) is 5.65. The van der Waals surface area contributed by atoms with Gasteiger partial charge in [-0.25, -0.2) is 18.2 Å². The van der Waals surface area contributed by atoms with E-state index in [1.165, 1.54) is 20.2 Å². The summed E-state index contributed by atoms with van der Waals surface area (Å²) < 4.78 is 52.1. The molecule has 13 heteroatoms. The van der Waals surface area contributed by atoms with Gasteiger partial charge in [0.1, 0.15) is 34.2 Å². The third-order valence-corrected chi connectivity index (χ3v) is 8.16. The molecular formula is C33H27ClF3N5O4. The summed E-state index contributed by atoms with van der Waals surface area (Å²) in [6, 6.07) is 13.9. The van der Waals surface area contributed by atoms with Gasteiger partial charge in [-0.2, -0.15) is 5.10 Å². The van der Waals surface area contributed by atoms with E-state index in [9.17, 15) is 23.5 Å². The Morgan fingerprint density at radius 3 is 2.48 bits per heavy atom. The average molecular weight is 650 g/mol.